The first kappa shape index (κ1) is 16.1. The first-order valence-electron chi connectivity index (χ1n) is 7.09. The molecule has 1 aliphatic heterocycles. The number of hydrogen-bond donors (Lipinski definition) is 0. The maximum atomic E-state index is 2.41. The zero-order chi connectivity index (χ0) is 13.9. The third-order valence-electron chi connectivity index (χ3n) is 3.66. The number of thioether (sulfide) groups is 3. The Morgan fingerprint density at radius 3 is 2.16 bits per heavy atom. The van der Waals surface area contributed by atoms with Gasteiger partial charge in [-0.05, 0) is 18.3 Å². The van der Waals surface area contributed by atoms with Crippen LogP contribution in [0.2, 0.25) is 0 Å². The lowest BCUT2D eigenvalue weighted by Crippen LogP contribution is -2.14. The van der Waals surface area contributed by atoms with Gasteiger partial charge in [0.1, 0.15) is 0 Å². The summed E-state index contributed by atoms with van der Waals surface area (Å²) in [6, 6.07) is 0. The highest BCUT2D eigenvalue weighted by Gasteiger charge is 2.28. The number of thiophene rings is 1. The molecule has 1 aliphatic rings. The molecule has 0 N–H and O–H groups in total. The molecule has 0 nitrogen and oxygen atoms in total. The fraction of sp³-hybridized carbons (Fsp3) is 0.733. The summed E-state index contributed by atoms with van der Waals surface area (Å²) in [6.07, 6.45) is 2.41. The van der Waals surface area contributed by atoms with Crippen molar-refractivity contribution in [2.45, 2.75) is 55.7 Å². The molecular weight excluding hydrogens is 308 g/mol. The molecular formula is C15H24S4. The lowest BCUT2D eigenvalue weighted by molar-refractivity contribution is 0.507. The Hall–Kier alpha value is 0.750. The van der Waals surface area contributed by atoms with Crippen LogP contribution < -0.4 is 0 Å². The molecule has 0 spiro atoms. The predicted molar refractivity (Wildman–Crippen MR) is 95.8 cm³/mol. The molecule has 0 saturated carbocycles. The molecule has 0 fully saturated rings. The van der Waals surface area contributed by atoms with E-state index in [1.165, 1.54) is 35.9 Å². The van der Waals surface area contributed by atoms with E-state index in [1.54, 1.807) is 19.5 Å². The second-order valence-corrected chi connectivity index (χ2v) is 9.95. The van der Waals surface area contributed by atoms with Crippen molar-refractivity contribution in [1.29, 1.82) is 0 Å². The Morgan fingerprint density at radius 2 is 1.58 bits per heavy atom. The topological polar surface area (TPSA) is 0 Å². The van der Waals surface area contributed by atoms with Crippen LogP contribution in [0.1, 0.15) is 43.9 Å². The second-order valence-electron chi connectivity index (χ2n) is 5.41. The zero-order valence-electron chi connectivity index (χ0n) is 12.4. The molecule has 0 bridgehead atoms. The van der Waals surface area contributed by atoms with Crippen molar-refractivity contribution in [3.05, 3.63) is 9.75 Å². The van der Waals surface area contributed by atoms with Gasteiger partial charge >= 0.3 is 0 Å². The second kappa shape index (κ2) is 7.15. The Morgan fingerprint density at radius 1 is 0.947 bits per heavy atom. The van der Waals surface area contributed by atoms with Crippen LogP contribution >= 0.6 is 46.6 Å². The molecule has 0 aliphatic carbocycles. The molecule has 2 rings (SSSR count). The summed E-state index contributed by atoms with van der Waals surface area (Å²) in [6.45, 7) is 9.44. The largest absolute Gasteiger partial charge is 0.160 e. The van der Waals surface area contributed by atoms with Crippen molar-refractivity contribution >= 4 is 46.6 Å². The van der Waals surface area contributed by atoms with E-state index in [0.717, 1.165) is 0 Å². The van der Waals surface area contributed by atoms with Gasteiger partial charge in [0.05, 0.1) is 0 Å². The first-order valence-corrected chi connectivity index (χ1v) is 11.0. The third-order valence-corrected chi connectivity index (χ3v) is 9.50. The molecule has 4 heteroatoms. The van der Waals surface area contributed by atoms with Gasteiger partial charge in [0, 0.05) is 42.6 Å². The van der Waals surface area contributed by atoms with Crippen LogP contribution in [0.5, 0.6) is 0 Å². The quantitative estimate of drug-likeness (QED) is 0.673. The van der Waals surface area contributed by atoms with Gasteiger partial charge in [-0.1, -0.05) is 27.7 Å². The maximum absolute atomic E-state index is 2.41. The standard InChI is InChI=1S/C15H24S4/c1-5-11-12-13(14(19-11)15(3,4)6-2)18-10-8-16-7-9-17-12/h5-10H2,1-4H3. The third kappa shape index (κ3) is 3.69. The summed E-state index contributed by atoms with van der Waals surface area (Å²) >= 11 is 8.41. The van der Waals surface area contributed by atoms with Crippen LogP contribution in [-0.2, 0) is 11.8 Å². The SMILES string of the molecule is CCc1sc(C(C)(C)CC)c2c1SCCSCCS2. The van der Waals surface area contributed by atoms with Crippen LogP contribution in [0, 0.1) is 0 Å². The van der Waals surface area contributed by atoms with E-state index in [4.69, 9.17) is 0 Å². The van der Waals surface area contributed by atoms with Crippen molar-refractivity contribution in [2.24, 2.45) is 0 Å². The fourth-order valence-corrected chi connectivity index (χ4v) is 7.78. The lowest BCUT2D eigenvalue weighted by Gasteiger charge is -2.23. The highest BCUT2D eigenvalue weighted by Crippen LogP contribution is 2.48. The van der Waals surface area contributed by atoms with E-state index in [0.29, 0.717) is 5.41 Å². The average molecular weight is 333 g/mol. The first-order chi connectivity index (χ1) is 9.10. The Labute approximate surface area is 134 Å². The predicted octanol–water partition coefficient (Wildman–Crippen LogP) is 5.93. The summed E-state index contributed by atoms with van der Waals surface area (Å²) in [7, 11) is 0. The summed E-state index contributed by atoms with van der Waals surface area (Å²) < 4.78 is 0. The van der Waals surface area contributed by atoms with E-state index in [9.17, 15) is 0 Å². The lowest BCUT2D eigenvalue weighted by atomic mass is 9.88. The van der Waals surface area contributed by atoms with Crippen LogP contribution in [0.15, 0.2) is 9.79 Å². The Balaban J connectivity index is 2.44. The molecule has 0 saturated heterocycles. The van der Waals surface area contributed by atoms with Crippen LogP contribution in [0.4, 0.5) is 0 Å². The molecule has 0 atom stereocenters. The molecule has 0 unspecified atom stereocenters. The highest BCUT2D eigenvalue weighted by molar-refractivity contribution is 8.06. The molecule has 1 aromatic rings. The van der Waals surface area contributed by atoms with Crippen molar-refractivity contribution in [3.8, 4) is 0 Å². The van der Waals surface area contributed by atoms with Crippen molar-refractivity contribution < 1.29 is 0 Å². The normalized spacial score (nSPS) is 17.5. The number of rotatable bonds is 3. The van der Waals surface area contributed by atoms with Gasteiger partial charge in [-0.25, -0.2) is 0 Å². The molecule has 0 radical (unpaired) electrons. The molecule has 19 heavy (non-hydrogen) atoms. The van der Waals surface area contributed by atoms with Crippen LogP contribution in [0.25, 0.3) is 0 Å². The summed E-state index contributed by atoms with van der Waals surface area (Å²) in [5.74, 6) is 5.14. The Kier molecular flexibility index (Phi) is 6.07. The van der Waals surface area contributed by atoms with Gasteiger partial charge in [0.2, 0.25) is 0 Å². The van der Waals surface area contributed by atoms with Crippen LogP contribution in [-0.4, -0.2) is 23.0 Å². The van der Waals surface area contributed by atoms with E-state index in [1.807, 2.05) is 0 Å². The van der Waals surface area contributed by atoms with E-state index in [2.05, 4.69) is 74.3 Å². The summed E-state index contributed by atoms with van der Waals surface area (Å²) in [4.78, 5) is 6.51. The molecule has 108 valence electrons. The number of aryl methyl sites for hydroxylation is 1. The van der Waals surface area contributed by atoms with E-state index in [-0.39, 0.29) is 0 Å². The zero-order valence-corrected chi connectivity index (χ0v) is 15.6. The van der Waals surface area contributed by atoms with Gasteiger partial charge < -0.3 is 0 Å². The monoisotopic (exact) mass is 332 g/mol. The van der Waals surface area contributed by atoms with Crippen molar-refractivity contribution in [2.75, 3.05) is 23.0 Å². The molecule has 0 aromatic carbocycles. The minimum Gasteiger partial charge on any atom is -0.160 e. The van der Waals surface area contributed by atoms with Crippen molar-refractivity contribution in [1.82, 2.24) is 0 Å². The maximum Gasteiger partial charge on any atom is 0.0356 e. The average Bonchev–Trinajstić information content (AvgIpc) is 2.79. The molecule has 1 aromatic heterocycles. The van der Waals surface area contributed by atoms with Crippen LogP contribution in [0.3, 0.4) is 0 Å². The molecule has 0 amide bonds. The van der Waals surface area contributed by atoms with Gasteiger partial charge in [-0.2, -0.15) is 11.8 Å². The fourth-order valence-electron chi connectivity index (χ4n) is 2.07. The molecule has 2 heterocycles. The summed E-state index contributed by atoms with van der Waals surface area (Å²) in [5, 5.41) is 0. The minimum atomic E-state index is 0.330. The summed E-state index contributed by atoms with van der Waals surface area (Å²) in [5.41, 5.74) is 0.330. The van der Waals surface area contributed by atoms with Gasteiger partial charge in [-0.3, -0.25) is 0 Å². The number of fused-ring (bicyclic) bond motifs is 1. The van der Waals surface area contributed by atoms with Crippen molar-refractivity contribution in [3.63, 3.8) is 0 Å². The van der Waals surface area contributed by atoms with Gasteiger partial charge in [0.25, 0.3) is 0 Å². The minimum absolute atomic E-state index is 0.330. The van der Waals surface area contributed by atoms with E-state index < -0.39 is 0 Å². The Bertz CT molecular complexity index is 420. The van der Waals surface area contributed by atoms with Gasteiger partial charge in [-0.15, -0.1) is 34.9 Å². The number of hydrogen-bond acceptors (Lipinski definition) is 4. The smallest absolute Gasteiger partial charge is 0.0356 e. The van der Waals surface area contributed by atoms with Gasteiger partial charge in [0.15, 0.2) is 0 Å². The highest BCUT2D eigenvalue weighted by atomic mass is 32.2. The van der Waals surface area contributed by atoms with E-state index >= 15 is 0 Å².